The Morgan fingerprint density at radius 2 is 2.11 bits per heavy atom. The van der Waals surface area contributed by atoms with Gasteiger partial charge in [0.15, 0.2) is 5.82 Å². The standard InChI is InChI=1S/C13H19N3O2/c1-4-7-8-14-12-11(13(17)18)9(5-2)10(6-3)15-16-12/h4H,1,5-8H2,2-3H3,(H,14,16)(H,17,18). The molecule has 18 heavy (non-hydrogen) atoms. The van der Waals surface area contributed by atoms with Crippen molar-refractivity contribution in [3.05, 3.63) is 29.5 Å². The first-order chi connectivity index (χ1) is 8.65. The van der Waals surface area contributed by atoms with Gasteiger partial charge in [-0.15, -0.1) is 11.7 Å². The van der Waals surface area contributed by atoms with Gasteiger partial charge < -0.3 is 10.4 Å². The van der Waals surface area contributed by atoms with Crippen LogP contribution in [0.25, 0.3) is 0 Å². The van der Waals surface area contributed by atoms with Gasteiger partial charge in [-0.05, 0) is 24.8 Å². The number of carboxylic acids is 1. The number of aromatic carboxylic acids is 1. The third kappa shape index (κ3) is 3.06. The molecule has 1 rings (SSSR count). The van der Waals surface area contributed by atoms with Gasteiger partial charge in [0.05, 0.1) is 5.69 Å². The van der Waals surface area contributed by atoms with Crippen molar-refractivity contribution < 1.29 is 9.90 Å². The highest BCUT2D eigenvalue weighted by molar-refractivity contribution is 5.95. The Morgan fingerprint density at radius 3 is 2.61 bits per heavy atom. The summed E-state index contributed by atoms with van der Waals surface area (Å²) >= 11 is 0. The van der Waals surface area contributed by atoms with E-state index in [0.29, 0.717) is 25.2 Å². The topological polar surface area (TPSA) is 75.1 Å². The summed E-state index contributed by atoms with van der Waals surface area (Å²) in [7, 11) is 0. The summed E-state index contributed by atoms with van der Waals surface area (Å²) in [4.78, 5) is 11.4. The van der Waals surface area contributed by atoms with E-state index in [-0.39, 0.29) is 5.56 Å². The van der Waals surface area contributed by atoms with Crippen molar-refractivity contribution in [3.63, 3.8) is 0 Å². The second-order valence-corrected chi connectivity index (χ2v) is 3.87. The Morgan fingerprint density at radius 1 is 1.39 bits per heavy atom. The molecule has 0 unspecified atom stereocenters. The zero-order valence-electron chi connectivity index (χ0n) is 10.9. The predicted molar refractivity (Wildman–Crippen MR) is 71.1 cm³/mol. The smallest absolute Gasteiger partial charge is 0.339 e. The molecule has 0 aliphatic rings. The van der Waals surface area contributed by atoms with Gasteiger partial charge in [0.25, 0.3) is 0 Å². The molecule has 0 aromatic carbocycles. The number of hydrogen-bond donors (Lipinski definition) is 2. The van der Waals surface area contributed by atoms with Crippen molar-refractivity contribution in [2.75, 3.05) is 11.9 Å². The Kier molecular flexibility index (Phi) is 5.30. The maximum absolute atomic E-state index is 11.4. The molecule has 0 fully saturated rings. The van der Waals surface area contributed by atoms with Crippen molar-refractivity contribution in [1.29, 1.82) is 0 Å². The first-order valence-electron chi connectivity index (χ1n) is 6.12. The van der Waals surface area contributed by atoms with Gasteiger partial charge in [-0.1, -0.05) is 19.9 Å². The number of nitrogens with one attached hydrogen (secondary N) is 1. The molecule has 1 aromatic heterocycles. The molecule has 0 saturated heterocycles. The average molecular weight is 249 g/mol. The molecule has 0 saturated carbocycles. The van der Waals surface area contributed by atoms with E-state index in [1.807, 2.05) is 13.8 Å². The van der Waals surface area contributed by atoms with Crippen molar-refractivity contribution in [1.82, 2.24) is 10.2 Å². The Labute approximate surface area is 107 Å². The molecule has 98 valence electrons. The SMILES string of the molecule is C=CCCNc1nnc(CC)c(CC)c1C(=O)O. The number of carbonyl (C=O) groups is 1. The lowest BCUT2D eigenvalue weighted by atomic mass is 10.0. The maximum Gasteiger partial charge on any atom is 0.339 e. The fourth-order valence-electron chi connectivity index (χ4n) is 1.82. The van der Waals surface area contributed by atoms with Crippen LogP contribution >= 0.6 is 0 Å². The van der Waals surface area contributed by atoms with Gasteiger partial charge in [0, 0.05) is 6.54 Å². The number of aromatic nitrogens is 2. The van der Waals surface area contributed by atoms with E-state index in [4.69, 9.17) is 0 Å². The van der Waals surface area contributed by atoms with Gasteiger partial charge in [-0.3, -0.25) is 0 Å². The first kappa shape index (κ1) is 14.2. The number of carboxylic acid groups (broad SMARTS) is 1. The van der Waals surface area contributed by atoms with Gasteiger partial charge in [-0.2, -0.15) is 5.10 Å². The van der Waals surface area contributed by atoms with Crippen LogP contribution in [0.3, 0.4) is 0 Å². The monoisotopic (exact) mass is 249 g/mol. The molecular formula is C13H19N3O2. The van der Waals surface area contributed by atoms with Crippen LogP contribution in [-0.4, -0.2) is 27.8 Å². The third-order valence-corrected chi connectivity index (χ3v) is 2.70. The Bertz CT molecular complexity index is 444. The molecule has 2 N–H and O–H groups in total. The lowest BCUT2D eigenvalue weighted by Gasteiger charge is -2.13. The van der Waals surface area contributed by atoms with E-state index in [1.54, 1.807) is 6.08 Å². The van der Waals surface area contributed by atoms with E-state index in [9.17, 15) is 9.90 Å². The minimum atomic E-state index is -0.961. The molecule has 1 aromatic rings. The number of hydrogen-bond acceptors (Lipinski definition) is 4. The minimum absolute atomic E-state index is 0.244. The van der Waals surface area contributed by atoms with Crippen molar-refractivity contribution in [2.24, 2.45) is 0 Å². The third-order valence-electron chi connectivity index (χ3n) is 2.70. The summed E-state index contributed by atoms with van der Waals surface area (Å²) in [6, 6.07) is 0. The summed E-state index contributed by atoms with van der Waals surface area (Å²) < 4.78 is 0. The van der Waals surface area contributed by atoms with Crippen LogP contribution in [0.1, 0.15) is 41.9 Å². The van der Waals surface area contributed by atoms with Crippen LogP contribution in [-0.2, 0) is 12.8 Å². The van der Waals surface area contributed by atoms with Gasteiger partial charge in [0.1, 0.15) is 5.56 Å². The van der Waals surface area contributed by atoms with Gasteiger partial charge in [-0.25, -0.2) is 4.79 Å². The van der Waals surface area contributed by atoms with E-state index in [1.165, 1.54) is 0 Å². The van der Waals surface area contributed by atoms with E-state index in [2.05, 4.69) is 22.1 Å². The fraction of sp³-hybridized carbons (Fsp3) is 0.462. The highest BCUT2D eigenvalue weighted by Crippen LogP contribution is 2.20. The van der Waals surface area contributed by atoms with Crippen LogP contribution in [0.15, 0.2) is 12.7 Å². The van der Waals surface area contributed by atoms with E-state index in [0.717, 1.165) is 17.7 Å². The molecule has 5 heteroatoms. The highest BCUT2D eigenvalue weighted by atomic mass is 16.4. The first-order valence-corrected chi connectivity index (χ1v) is 6.12. The van der Waals surface area contributed by atoms with Crippen molar-refractivity contribution in [3.8, 4) is 0 Å². The largest absolute Gasteiger partial charge is 0.478 e. The molecule has 0 bridgehead atoms. The summed E-state index contributed by atoms with van der Waals surface area (Å²) in [5.74, 6) is -0.615. The lowest BCUT2D eigenvalue weighted by Crippen LogP contribution is -2.15. The molecule has 0 aliphatic carbocycles. The Balaban J connectivity index is 3.17. The predicted octanol–water partition coefficient (Wildman–Crippen LogP) is 2.29. The summed E-state index contributed by atoms with van der Waals surface area (Å²) in [5.41, 5.74) is 1.76. The molecule has 0 aliphatic heterocycles. The molecular weight excluding hydrogens is 230 g/mol. The summed E-state index contributed by atoms with van der Waals surface area (Å²) in [6.07, 6.45) is 3.83. The number of nitrogens with zero attached hydrogens (tertiary/aromatic N) is 2. The zero-order valence-corrected chi connectivity index (χ0v) is 10.9. The molecule has 0 amide bonds. The number of rotatable bonds is 7. The van der Waals surface area contributed by atoms with Crippen molar-refractivity contribution >= 4 is 11.8 Å². The minimum Gasteiger partial charge on any atom is -0.478 e. The Hall–Kier alpha value is -1.91. The fourth-order valence-corrected chi connectivity index (χ4v) is 1.82. The zero-order chi connectivity index (χ0) is 13.5. The van der Waals surface area contributed by atoms with Crippen LogP contribution in [0.5, 0.6) is 0 Å². The normalized spacial score (nSPS) is 10.1. The van der Waals surface area contributed by atoms with E-state index >= 15 is 0 Å². The second kappa shape index (κ2) is 6.74. The average Bonchev–Trinajstić information content (AvgIpc) is 2.37. The number of anilines is 1. The number of aryl methyl sites for hydroxylation is 1. The maximum atomic E-state index is 11.4. The van der Waals surface area contributed by atoms with Crippen LogP contribution in [0.4, 0.5) is 5.82 Å². The van der Waals surface area contributed by atoms with Crippen molar-refractivity contribution in [2.45, 2.75) is 33.1 Å². The van der Waals surface area contributed by atoms with Crippen LogP contribution < -0.4 is 5.32 Å². The summed E-state index contributed by atoms with van der Waals surface area (Å²) in [6.45, 7) is 8.09. The molecule has 0 spiro atoms. The lowest BCUT2D eigenvalue weighted by molar-refractivity contribution is 0.0696. The van der Waals surface area contributed by atoms with Gasteiger partial charge >= 0.3 is 5.97 Å². The molecule has 1 heterocycles. The quantitative estimate of drug-likeness (QED) is 0.573. The van der Waals surface area contributed by atoms with Gasteiger partial charge in [0.2, 0.25) is 0 Å². The second-order valence-electron chi connectivity index (χ2n) is 3.87. The molecule has 0 radical (unpaired) electrons. The molecule has 5 nitrogen and oxygen atoms in total. The highest BCUT2D eigenvalue weighted by Gasteiger charge is 2.19. The molecule has 0 atom stereocenters. The summed E-state index contributed by atoms with van der Waals surface area (Å²) in [5, 5.41) is 20.4. The van der Waals surface area contributed by atoms with Crippen LogP contribution in [0, 0.1) is 0 Å². The van der Waals surface area contributed by atoms with E-state index < -0.39 is 5.97 Å². The van der Waals surface area contributed by atoms with Crippen LogP contribution in [0.2, 0.25) is 0 Å².